The van der Waals surface area contributed by atoms with Gasteiger partial charge in [0.25, 0.3) is 5.91 Å². The first-order valence-electron chi connectivity index (χ1n) is 9.12. The van der Waals surface area contributed by atoms with E-state index < -0.39 is 6.10 Å². The SMILES string of the molecule is Cc1ccc(OC(C)C(=O)N2CCN(c3cc(C)nc(C)n3)CC2)c(Br)c1. The van der Waals surface area contributed by atoms with Gasteiger partial charge >= 0.3 is 0 Å². The van der Waals surface area contributed by atoms with Crippen LogP contribution >= 0.6 is 15.9 Å². The summed E-state index contributed by atoms with van der Waals surface area (Å²) in [6.07, 6.45) is -0.529. The van der Waals surface area contributed by atoms with Crippen LogP contribution < -0.4 is 9.64 Å². The number of anilines is 1. The topological polar surface area (TPSA) is 58.6 Å². The molecule has 1 saturated heterocycles. The van der Waals surface area contributed by atoms with Crippen molar-refractivity contribution in [1.82, 2.24) is 14.9 Å². The van der Waals surface area contributed by atoms with Crippen LogP contribution in [-0.2, 0) is 4.79 Å². The Morgan fingerprint density at radius 3 is 2.44 bits per heavy atom. The number of nitrogens with zero attached hydrogens (tertiary/aromatic N) is 4. The fourth-order valence-corrected chi connectivity index (χ4v) is 3.80. The first kappa shape index (κ1) is 19.6. The normalized spacial score (nSPS) is 15.6. The predicted octanol–water partition coefficient (Wildman–Crippen LogP) is 3.28. The van der Waals surface area contributed by atoms with Crippen LogP contribution in [-0.4, -0.2) is 53.1 Å². The largest absolute Gasteiger partial charge is 0.480 e. The van der Waals surface area contributed by atoms with E-state index in [1.807, 2.05) is 49.9 Å². The molecule has 0 spiro atoms. The number of hydrogen-bond donors (Lipinski definition) is 0. The van der Waals surface area contributed by atoms with Crippen LogP contribution in [0.2, 0.25) is 0 Å². The molecule has 1 unspecified atom stereocenters. The van der Waals surface area contributed by atoms with E-state index in [9.17, 15) is 4.79 Å². The Labute approximate surface area is 168 Å². The summed E-state index contributed by atoms with van der Waals surface area (Å²) in [5, 5.41) is 0. The lowest BCUT2D eigenvalue weighted by molar-refractivity contribution is -0.138. The van der Waals surface area contributed by atoms with Crippen molar-refractivity contribution in [3.63, 3.8) is 0 Å². The summed E-state index contributed by atoms with van der Waals surface area (Å²) in [6.45, 7) is 10.5. The minimum atomic E-state index is -0.529. The second-order valence-corrected chi connectivity index (χ2v) is 7.78. The van der Waals surface area contributed by atoms with E-state index in [2.05, 4.69) is 30.8 Å². The van der Waals surface area contributed by atoms with Crippen molar-refractivity contribution < 1.29 is 9.53 Å². The molecule has 7 heteroatoms. The zero-order chi connectivity index (χ0) is 19.6. The van der Waals surface area contributed by atoms with Crippen LogP contribution in [0.4, 0.5) is 5.82 Å². The third-order valence-electron chi connectivity index (χ3n) is 4.61. The molecule has 0 saturated carbocycles. The van der Waals surface area contributed by atoms with E-state index in [0.717, 1.165) is 40.5 Å². The lowest BCUT2D eigenvalue weighted by Crippen LogP contribution is -2.52. The lowest BCUT2D eigenvalue weighted by Gasteiger charge is -2.36. The fourth-order valence-electron chi connectivity index (χ4n) is 3.21. The molecule has 1 aromatic carbocycles. The molecule has 1 fully saturated rings. The second kappa shape index (κ2) is 8.25. The molecule has 0 N–H and O–H groups in total. The highest BCUT2D eigenvalue weighted by Gasteiger charge is 2.27. The number of benzene rings is 1. The van der Waals surface area contributed by atoms with Gasteiger partial charge in [0, 0.05) is 37.9 Å². The number of amides is 1. The number of piperazine rings is 1. The molecular weight excluding hydrogens is 408 g/mol. The zero-order valence-corrected chi connectivity index (χ0v) is 17.8. The number of rotatable bonds is 4. The number of aryl methyl sites for hydroxylation is 3. The number of carbonyl (C=O) groups is 1. The van der Waals surface area contributed by atoms with Crippen LogP contribution in [0.5, 0.6) is 5.75 Å². The maximum Gasteiger partial charge on any atom is 0.263 e. The minimum Gasteiger partial charge on any atom is -0.480 e. The molecule has 1 atom stereocenters. The van der Waals surface area contributed by atoms with Crippen molar-refractivity contribution in [3.8, 4) is 5.75 Å². The third kappa shape index (κ3) is 4.77. The summed E-state index contributed by atoms with van der Waals surface area (Å²) >= 11 is 3.50. The highest BCUT2D eigenvalue weighted by atomic mass is 79.9. The first-order valence-corrected chi connectivity index (χ1v) is 9.91. The van der Waals surface area contributed by atoms with Crippen LogP contribution in [0.3, 0.4) is 0 Å². The van der Waals surface area contributed by atoms with Crippen molar-refractivity contribution in [2.24, 2.45) is 0 Å². The smallest absolute Gasteiger partial charge is 0.263 e. The van der Waals surface area contributed by atoms with Crippen LogP contribution in [0.15, 0.2) is 28.7 Å². The van der Waals surface area contributed by atoms with Gasteiger partial charge in [-0.05, 0) is 61.3 Å². The maximum absolute atomic E-state index is 12.8. The molecule has 1 aromatic heterocycles. The van der Waals surface area contributed by atoms with Crippen LogP contribution in [0, 0.1) is 20.8 Å². The first-order chi connectivity index (χ1) is 12.8. The van der Waals surface area contributed by atoms with Gasteiger partial charge in [0.1, 0.15) is 17.4 Å². The van der Waals surface area contributed by atoms with E-state index >= 15 is 0 Å². The van der Waals surface area contributed by atoms with Crippen molar-refractivity contribution >= 4 is 27.7 Å². The summed E-state index contributed by atoms with van der Waals surface area (Å²) in [7, 11) is 0. The standard InChI is InChI=1S/C20H25BrN4O2/c1-13-5-6-18(17(21)11-13)27-15(3)20(26)25-9-7-24(8-10-25)19-12-14(2)22-16(4)23-19/h5-6,11-12,15H,7-10H2,1-4H3. The van der Waals surface area contributed by atoms with E-state index in [4.69, 9.17) is 4.74 Å². The molecule has 2 aromatic rings. The minimum absolute atomic E-state index is 0.0113. The third-order valence-corrected chi connectivity index (χ3v) is 5.23. The molecule has 3 rings (SSSR count). The number of halogens is 1. The molecule has 144 valence electrons. The van der Waals surface area contributed by atoms with Crippen LogP contribution in [0.1, 0.15) is 24.0 Å². The van der Waals surface area contributed by atoms with Crippen LogP contribution in [0.25, 0.3) is 0 Å². The van der Waals surface area contributed by atoms with E-state index in [-0.39, 0.29) is 5.91 Å². The monoisotopic (exact) mass is 432 g/mol. The van der Waals surface area contributed by atoms with E-state index in [1.165, 1.54) is 0 Å². The molecule has 6 nitrogen and oxygen atoms in total. The van der Waals surface area contributed by atoms with Gasteiger partial charge in [0.15, 0.2) is 6.10 Å². The van der Waals surface area contributed by atoms with Crippen molar-refractivity contribution in [2.75, 3.05) is 31.1 Å². The quantitative estimate of drug-likeness (QED) is 0.741. The van der Waals surface area contributed by atoms with E-state index in [0.29, 0.717) is 18.8 Å². The number of hydrogen-bond acceptors (Lipinski definition) is 5. The maximum atomic E-state index is 12.8. The summed E-state index contributed by atoms with van der Waals surface area (Å²) in [6, 6.07) is 7.84. The van der Waals surface area contributed by atoms with Crippen molar-refractivity contribution in [3.05, 3.63) is 45.8 Å². The Balaban J connectivity index is 1.59. The summed E-state index contributed by atoms with van der Waals surface area (Å²) in [5.41, 5.74) is 2.10. The highest BCUT2D eigenvalue weighted by molar-refractivity contribution is 9.10. The zero-order valence-electron chi connectivity index (χ0n) is 16.2. The predicted molar refractivity (Wildman–Crippen MR) is 109 cm³/mol. The van der Waals surface area contributed by atoms with Gasteiger partial charge in [-0.3, -0.25) is 4.79 Å². The van der Waals surface area contributed by atoms with Gasteiger partial charge in [-0.2, -0.15) is 0 Å². The number of carbonyl (C=O) groups excluding carboxylic acids is 1. The fraction of sp³-hybridized carbons (Fsp3) is 0.450. The molecule has 0 bridgehead atoms. The van der Waals surface area contributed by atoms with Crippen molar-refractivity contribution in [1.29, 1.82) is 0 Å². The molecule has 0 radical (unpaired) electrons. The Morgan fingerprint density at radius 2 is 1.81 bits per heavy atom. The Bertz CT molecular complexity index is 814. The molecule has 2 heterocycles. The van der Waals surface area contributed by atoms with Gasteiger partial charge in [0.2, 0.25) is 0 Å². The van der Waals surface area contributed by atoms with Gasteiger partial charge in [-0.15, -0.1) is 0 Å². The average molecular weight is 433 g/mol. The summed E-state index contributed by atoms with van der Waals surface area (Å²) in [4.78, 5) is 25.7. The Morgan fingerprint density at radius 1 is 1.11 bits per heavy atom. The molecule has 27 heavy (non-hydrogen) atoms. The van der Waals surface area contributed by atoms with Gasteiger partial charge in [0.05, 0.1) is 4.47 Å². The average Bonchev–Trinajstić information content (AvgIpc) is 2.62. The Hall–Kier alpha value is -2.15. The summed E-state index contributed by atoms with van der Waals surface area (Å²) in [5.74, 6) is 2.40. The van der Waals surface area contributed by atoms with Crippen molar-refractivity contribution in [2.45, 2.75) is 33.8 Å². The summed E-state index contributed by atoms with van der Waals surface area (Å²) < 4.78 is 6.75. The molecule has 1 amide bonds. The second-order valence-electron chi connectivity index (χ2n) is 6.92. The molecule has 1 aliphatic heterocycles. The van der Waals surface area contributed by atoms with Gasteiger partial charge in [-0.1, -0.05) is 6.07 Å². The molecule has 0 aliphatic carbocycles. The molecular formula is C20H25BrN4O2. The van der Waals surface area contributed by atoms with Gasteiger partial charge < -0.3 is 14.5 Å². The Kier molecular flexibility index (Phi) is 5.99. The van der Waals surface area contributed by atoms with Gasteiger partial charge in [-0.25, -0.2) is 9.97 Å². The highest BCUT2D eigenvalue weighted by Crippen LogP contribution is 2.27. The lowest BCUT2D eigenvalue weighted by atomic mass is 10.2. The number of aromatic nitrogens is 2. The number of ether oxygens (including phenoxy) is 1. The molecule has 1 aliphatic rings. The van der Waals surface area contributed by atoms with E-state index in [1.54, 1.807) is 6.92 Å².